The Hall–Kier alpha value is -2.98. The van der Waals surface area contributed by atoms with Gasteiger partial charge in [0.2, 0.25) is 0 Å². The smallest absolute Gasteiger partial charge is 0.345 e. The van der Waals surface area contributed by atoms with Crippen LogP contribution in [0.2, 0.25) is 0 Å². The molecule has 1 saturated heterocycles. The molecule has 3 rings (SSSR count). The van der Waals surface area contributed by atoms with Gasteiger partial charge in [-0.1, -0.05) is 12.1 Å². The first-order valence-corrected chi connectivity index (χ1v) is 9.92. The van der Waals surface area contributed by atoms with Gasteiger partial charge in [0, 0.05) is 6.54 Å². The second-order valence-corrected chi connectivity index (χ2v) is 6.96. The lowest BCUT2D eigenvalue weighted by Gasteiger charge is -2.32. The van der Waals surface area contributed by atoms with Crippen LogP contribution in [0.3, 0.4) is 0 Å². The molecule has 31 heavy (non-hydrogen) atoms. The molecule has 3 N–H and O–H groups in total. The normalized spacial score (nSPS) is 18.5. The zero-order chi connectivity index (χ0) is 22.3. The fourth-order valence-electron chi connectivity index (χ4n) is 3.49. The van der Waals surface area contributed by atoms with E-state index < -0.39 is 17.5 Å². The highest BCUT2D eigenvalue weighted by Gasteiger charge is 2.51. The molecule has 9 nitrogen and oxygen atoms in total. The van der Waals surface area contributed by atoms with Crippen LogP contribution in [-0.2, 0) is 15.1 Å². The van der Waals surface area contributed by atoms with E-state index in [1.165, 1.54) is 24.3 Å². The van der Waals surface area contributed by atoms with Crippen LogP contribution < -0.4 is 9.47 Å². The largest absolute Gasteiger partial charge is 0.491 e. The summed E-state index contributed by atoms with van der Waals surface area (Å²) in [6, 6.07) is 12.5. The minimum Gasteiger partial charge on any atom is -0.491 e. The molecule has 9 heteroatoms. The number of benzene rings is 2. The number of esters is 2. The first kappa shape index (κ1) is 22.7. The zero-order valence-electron chi connectivity index (χ0n) is 16.9. The summed E-state index contributed by atoms with van der Waals surface area (Å²) >= 11 is 0. The predicted octanol–water partition coefficient (Wildman–Crippen LogP) is 1.49. The standard InChI is InChI=1S/C22H25NO8/c24-12-14-29-18-6-2-16(3-7-18)20(26)31-21(27)22(10-1-11-23(22)28)17-4-8-19(9-5-17)30-15-13-25/h2-9,24-25,28H,1,10-15H2. The van der Waals surface area contributed by atoms with Crippen molar-refractivity contribution < 1.29 is 39.2 Å². The van der Waals surface area contributed by atoms with E-state index in [0.717, 1.165) is 5.06 Å². The van der Waals surface area contributed by atoms with Crippen LogP contribution >= 0.6 is 0 Å². The summed E-state index contributed by atoms with van der Waals surface area (Å²) in [6.07, 6.45) is 0.819. The Kier molecular flexibility index (Phi) is 7.59. The Labute approximate surface area is 179 Å². The monoisotopic (exact) mass is 431 g/mol. The lowest BCUT2D eigenvalue weighted by molar-refractivity contribution is -0.187. The SMILES string of the molecule is O=C(OC(=O)C1(c2ccc(OCCO)cc2)CCCN1O)c1ccc(OCCO)cc1. The molecule has 1 aliphatic heterocycles. The molecule has 1 unspecified atom stereocenters. The molecular weight excluding hydrogens is 406 g/mol. The Morgan fingerprint density at radius 3 is 1.94 bits per heavy atom. The van der Waals surface area contributed by atoms with Crippen LogP contribution in [0.5, 0.6) is 11.5 Å². The molecule has 0 saturated carbocycles. The Balaban J connectivity index is 1.76. The highest BCUT2D eigenvalue weighted by molar-refractivity contribution is 5.99. The highest BCUT2D eigenvalue weighted by atomic mass is 16.6. The van der Waals surface area contributed by atoms with Gasteiger partial charge in [0.15, 0.2) is 5.54 Å². The molecule has 1 aliphatic rings. The third-order valence-electron chi connectivity index (χ3n) is 5.01. The second kappa shape index (κ2) is 10.4. The van der Waals surface area contributed by atoms with Crippen molar-refractivity contribution in [3.8, 4) is 11.5 Å². The maximum absolute atomic E-state index is 13.1. The molecule has 166 valence electrons. The number of aliphatic hydroxyl groups excluding tert-OH is 2. The molecular formula is C22H25NO8. The molecule has 0 radical (unpaired) electrons. The van der Waals surface area contributed by atoms with Gasteiger partial charge in [-0.15, -0.1) is 0 Å². The van der Waals surface area contributed by atoms with E-state index in [1.807, 2.05) is 0 Å². The number of ether oxygens (including phenoxy) is 3. The summed E-state index contributed by atoms with van der Waals surface area (Å²) < 4.78 is 15.7. The molecule has 1 heterocycles. The van der Waals surface area contributed by atoms with E-state index in [1.54, 1.807) is 24.3 Å². The van der Waals surface area contributed by atoms with Crippen molar-refractivity contribution in [2.24, 2.45) is 0 Å². The summed E-state index contributed by atoms with van der Waals surface area (Å²) in [4.78, 5) is 25.6. The van der Waals surface area contributed by atoms with E-state index in [0.29, 0.717) is 23.5 Å². The molecule has 0 aromatic heterocycles. The minimum atomic E-state index is -1.50. The maximum Gasteiger partial charge on any atom is 0.345 e. The molecule has 2 aromatic rings. The number of carbonyl (C=O) groups is 2. The average Bonchev–Trinajstić information content (AvgIpc) is 3.19. The Morgan fingerprint density at radius 1 is 0.903 bits per heavy atom. The van der Waals surface area contributed by atoms with Crippen molar-refractivity contribution in [1.82, 2.24) is 5.06 Å². The Morgan fingerprint density at radius 2 is 1.45 bits per heavy atom. The second-order valence-electron chi connectivity index (χ2n) is 6.96. The number of hydroxylamine groups is 2. The summed E-state index contributed by atoms with van der Waals surface area (Å²) in [5, 5.41) is 29.0. The number of hydrogen-bond acceptors (Lipinski definition) is 9. The van der Waals surface area contributed by atoms with Gasteiger partial charge in [0.25, 0.3) is 0 Å². The van der Waals surface area contributed by atoms with Gasteiger partial charge in [-0.25, -0.2) is 9.59 Å². The molecule has 1 atom stereocenters. The molecule has 1 fully saturated rings. The number of carbonyl (C=O) groups excluding carboxylic acids is 2. The average molecular weight is 431 g/mol. The van der Waals surface area contributed by atoms with Gasteiger partial charge in [-0.2, -0.15) is 5.06 Å². The first-order chi connectivity index (χ1) is 15.0. The summed E-state index contributed by atoms with van der Waals surface area (Å²) in [7, 11) is 0. The van der Waals surface area contributed by atoms with Gasteiger partial charge < -0.3 is 29.6 Å². The highest BCUT2D eigenvalue weighted by Crippen LogP contribution is 2.39. The van der Waals surface area contributed by atoms with Crippen molar-refractivity contribution in [1.29, 1.82) is 0 Å². The fraction of sp³-hybridized carbons (Fsp3) is 0.364. The van der Waals surface area contributed by atoms with Crippen LogP contribution in [0.4, 0.5) is 0 Å². The van der Waals surface area contributed by atoms with Crippen molar-refractivity contribution >= 4 is 11.9 Å². The molecule has 0 spiro atoms. The first-order valence-electron chi connectivity index (χ1n) is 9.92. The van der Waals surface area contributed by atoms with E-state index in [4.69, 9.17) is 24.4 Å². The van der Waals surface area contributed by atoms with Crippen molar-refractivity contribution in [3.05, 3.63) is 59.7 Å². The third kappa shape index (κ3) is 5.02. The minimum absolute atomic E-state index is 0.126. The van der Waals surface area contributed by atoms with Crippen LogP contribution in [0.15, 0.2) is 48.5 Å². The zero-order valence-corrected chi connectivity index (χ0v) is 16.9. The van der Waals surface area contributed by atoms with Crippen LogP contribution in [0.1, 0.15) is 28.8 Å². The van der Waals surface area contributed by atoms with Gasteiger partial charge in [-0.05, 0) is 54.8 Å². The van der Waals surface area contributed by atoms with Crippen molar-refractivity contribution in [2.75, 3.05) is 33.0 Å². The van der Waals surface area contributed by atoms with E-state index in [2.05, 4.69) is 0 Å². The van der Waals surface area contributed by atoms with Crippen LogP contribution in [0.25, 0.3) is 0 Å². The van der Waals surface area contributed by atoms with Crippen LogP contribution in [-0.4, -0.2) is 65.4 Å². The topological polar surface area (TPSA) is 126 Å². The van der Waals surface area contributed by atoms with Gasteiger partial charge in [0.1, 0.15) is 24.7 Å². The Bertz CT molecular complexity index is 883. The van der Waals surface area contributed by atoms with E-state index in [-0.39, 0.29) is 45.0 Å². The summed E-state index contributed by atoms with van der Waals surface area (Å²) in [5.41, 5.74) is -0.889. The number of rotatable bonds is 9. The molecule has 0 amide bonds. The summed E-state index contributed by atoms with van der Waals surface area (Å²) in [5.74, 6) is -0.749. The third-order valence-corrected chi connectivity index (χ3v) is 5.01. The van der Waals surface area contributed by atoms with E-state index >= 15 is 0 Å². The number of aliphatic hydroxyl groups is 2. The van der Waals surface area contributed by atoms with E-state index in [9.17, 15) is 14.8 Å². The lowest BCUT2D eigenvalue weighted by atomic mass is 9.88. The predicted molar refractivity (Wildman–Crippen MR) is 108 cm³/mol. The van der Waals surface area contributed by atoms with Gasteiger partial charge >= 0.3 is 11.9 Å². The van der Waals surface area contributed by atoms with Crippen molar-refractivity contribution in [3.63, 3.8) is 0 Å². The van der Waals surface area contributed by atoms with Gasteiger partial charge in [0.05, 0.1) is 18.8 Å². The van der Waals surface area contributed by atoms with Crippen LogP contribution in [0, 0.1) is 0 Å². The van der Waals surface area contributed by atoms with Gasteiger partial charge in [-0.3, -0.25) is 0 Å². The number of nitrogens with zero attached hydrogens (tertiary/aromatic N) is 1. The fourth-order valence-corrected chi connectivity index (χ4v) is 3.49. The molecule has 0 bridgehead atoms. The maximum atomic E-state index is 13.1. The molecule has 0 aliphatic carbocycles. The number of hydrogen-bond donors (Lipinski definition) is 3. The lowest BCUT2D eigenvalue weighted by Crippen LogP contribution is -2.47. The van der Waals surface area contributed by atoms with Crippen molar-refractivity contribution in [2.45, 2.75) is 18.4 Å². The summed E-state index contributed by atoms with van der Waals surface area (Å²) in [6.45, 7) is 0.257. The quantitative estimate of drug-likeness (QED) is 0.400. The molecule has 2 aromatic carbocycles.